The van der Waals surface area contributed by atoms with Gasteiger partial charge in [-0.2, -0.15) is 0 Å². The van der Waals surface area contributed by atoms with Gasteiger partial charge in [0.05, 0.1) is 0 Å². The highest BCUT2D eigenvalue weighted by molar-refractivity contribution is 5.73. The van der Waals surface area contributed by atoms with Gasteiger partial charge in [-0.3, -0.25) is 4.79 Å². The largest absolute Gasteiger partial charge is 0.444 e. The van der Waals surface area contributed by atoms with Crippen LogP contribution in [-0.4, -0.2) is 53.6 Å². The zero-order chi connectivity index (χ0) is 15.5. The van der Waals surface area contributed by atoms with Gasteiger partial charge < -0.3 is 14.5 Å². The van der Waals surface area contributed by atoms with Crippen molar-refractivity contribution in [3.05, 3.63) is 0 Å². The fraction of sp³-hybridized carbons (Fsp3) is 0.867. The Morgan fingerprint density at radius 3 is 1.70 bits per heavy atom. The van der Waals surface area contributed by atoms with Gasteiger partial charge in [-0.15, -0.1) is 0 Å². The smallest absolute Gasteiger partial charge is 0.410 e. The topological polar surface area (TPSA) is 49.9 Å². The Hall–Kier alpha value is -1.26. The van der Waals surface area contributed by atoms with Crippen molar-refractivity contribution >= 4 is 12.0 Å². The molecule has 0 aromatic carbocycles. The number of hydrogen-bond acceptors (Lipinski definition) is 3. The first-order valence-electron chi connectivity index (χ1n) is 7.31. The van der Waals surface area contributed by atoms with E-state index in [4.69, 9.17) is 4.74 Å². The van der Waals surface area contributed by atoms with E-state index in [-0.39, 0.29) is 18.0 Å². The summed E-state index contributed by atoms with van der Waals surface area (Å²) in [6, 6.07) is 0.511. The van der Waals surface area contributed by atoms with Gasteiger partial charge >= 0.3 is 6.09 Å². The molecule has 1 aliphatic carbocycles. The molecule has 0 bridgehead atoms. The van der Waals surface area contributed by atoms with Crippen LogP contribution in [0.1, 0.15) is 53.4 Å². The highest BCUT2D eigenvalue weighted by atomic mass is 16.6. The summed E-state index contributed by atoms with van der Waals surface area (Å²) in [5.41, 5.74) is -0.461. The lowest BCUT2D eigenvalue weighted by Crippen LogP contribution is -2.46. The lowest BCUT2D eigenvalue weighted by Gasteiger charge is -2.38. The fourth-order valence-electron chi connectivity index (χ4n) is 2.57. The van der Waals surface area contributed by atoms with Gasteiger partial charge in [-0.05, 0) is 46.5 Å². The lowest BCUT2D eigenvalue weighted by molar-refractivity contribution is -0.130. The molecule has 1 aliphatic rings. The highest BCUT2D eigenvalue weighted by Gasteiger charge is 2.31. The van der Waals surface area contributed by atoms with Crippen LogP contribution in [0.15, 0.2) is 0 Å². The van der Waals surface area contributed by atoms with Gasteiger partial charge in [0.1, 0.15) is 5.60 Å². The van der Waals surface area contributed by atoms with Gasteiger partial charge in [0, 0.05) is 33.1 Å². The molecule has 0 aromatic heterocycles. The average molecular weight is 284 g/mol. The zero-order valence-corrected chi connectivity index (χ0v) is 13.6. The van der Waals surface area contributed by atoms with Crippen LogP contribution in [0, 0.1) is 0 Å². The molecule has 20 heavy (non-hydrogen) atoms. The molecule has 0 spiro atoms. The normalized spacial score (nSPS) is 23.1. The van der Waals surface area contributed by atoms with Gasteiger partial charge in [0.25, 0.3) is 0 Å². The van der Waals surface area contributed by atoms with Crippen molar-refractivity contribution in [1.29, 1.82) is 0 Å². The molecule has 0 N–H and O–H groups in total. The summed E-state index contributed by atoms with van der Waals surface area (Å²) in [5.74, 6) is 0.106. The van der Waals surface area contributed by atoms with Crippen LogP contribution in [0.2, 0.25) is 0 Å². The molecule has 1 saturated carbocycles. The number of amides is 2. The minimum Gasteiger partial charge on any atom is -0.444 e. The molecule has 0 saturated heterocycles. The number of ether oxygens (including phenoxy) is 1. The lowest BCUT2D eigenvalue weighted by atomic mass is 9.89. The maximum Gasteiger partial charge on any atom is 0.410 e. The first-order valence-corrected chi connectivity index (χ1v) is 7.31. The molecule has 116 valence electrons. The Balaban J connectivity index is 2.49. The molecule has 0 atom stereocenters. The Kier molecular flexibility index (Phi) is 5.42. The minimum absolute atomic E-state index is 0.106. The number of carbonyl (C=O) groups is 2. The van der Waals surface area contributed by atoms with E-state index in [2.05, 4.69) is 0 Å². The summed E-state index contributed by atoms with van der Waals surface area (Å²) < 4.78 is 5.39. The van der Waals surface area contributed by atoms with Gasteiger partial charge in [-0.1, -0.05) is 0 Å². The van der Waals surface area contributed by atoms with Crippen LogP contribution in [0.25, 0.3) is 0 Å². The third kappa shape index (κ3) is 4.69. The maximum atomic E-state index is 12.0. The Morgan fingerprint density at radius 2 is 1.35 bits per heavy atom. The van der Waals surface area contributed by atoms with E-state index < -0.39 is 5.60 Å². The van der Waals surface area contributed by atoms with Gasteiger partial charge in [0.2, 0.25) is 5.91 Å². The summed E-state index contributed by atoms with van der Waals surface area (Å²) in [5, 5.41) is 0. The van der Waals surface area contributed by atoms with Crippen LogP contribution < -0.4 is 0 Å². The summed E-state index contributed by atoms with van der Waals surface area (Å²) in [6.45, 7) is 7.21. The summed E-state index contributed by atoms with van der Waals surface area (Å²) >= 11 is 0. The summed E-state index contributed by atoms with van der Waals surface area (Å²) in [6.07, 6.45) is 3.44. The second kappa shape index (κ2) is 6.46. The maximum absolute atomic E-state index is 12.0. The van der Waals surface area contributed by atoms with Crippen LogP contribution >= 0.6 is 0 Å². The highest BCUT2D eigenvalue weighted by Crippen LogP contribution is 2.26. The molecule has 5 nitrogen and oxygen atoms in total. The molecule has 1 rings (SSSR count). The van der Waals surface area contributed by atoms with Crippen LogP contribution in [0.5, 0.6) is 0 Å². The van der Waals surface area contributed by atoms with E-state index in [1.54, 1.807) is 18.9 Å². The molecule has 0 unspecified atom stereocenters. The monoisotopic (exact) mass is 284 g/mol. The molecular weight excluding hydrogens is 256 g/mol. The predicted molar refractivity (Wildman–Crippen MR) is 78.5 cm³/mol. The van der Waals surface area contributed by atoms with E-state index in [0.29, 0.717) is 6.04 Å². The Labute approximate surface area is 122 Å². The van der Waals surface area contributed by atoms with E-state index in [0.717, 1.165) is 25.7 Å². The van der Waals surface area contributed by atoms with Crippen molar-refractivity contribution in [3.63, 3.8) is 0 Å². The molecule has 2 amide bonds. The van der Waals surface area contributed by atoms with Crippen LogP contribution in [-0.2, 0) is 9.53 Å². The molecule has 0 aliphatic heterocycles. The average Bonchev–Trinajstić information content (AvgIpc) is 2.35. The van der Waals surface area contributed by atoms with Crippen molar-refractivity contribution < 1.29 is 14.3 Å². The quantitative estimate of drug-likeness (QED) is 0.783. The third-order valence-electron chi connectivity index (χ3n) is 3.94. The minimum atomic E-state index is -0.461. The number of nitrogens with zero attached hydrogens (tertiary/aromatic N) is 2. The molecule has 0 aromatic rings. The first kappa shape index (κ1) is 16.8. The Morgan fingerprint density at radius 1 is 0.950 bits per heavy atom. The van der Waals surface area contributed by atoms with E-state index >= 15 is 0 Å². The van der Waals surface area contributed by atoms with Gasteiger partial charge in [-0.25, -0.2) is 4.79 Å². The van der Waals surface area contributed by atoms with Crippen molar-refractivity contribution in [2.45, 2.75) is 71.1 Å². The summed E-state index contributed by atoms with van der Waals surface area (Å²) in [7, 11) is 3.65. The first-order chi connectivity index (χ1) is 9.11. The van der Waals surface area contributed by atoms with E-state index in [9.17, 15) is 9.59 Å². The molecule has 0 radical (unpaired) electrons. The van der Waals surface area contributed by atoms with E-state index in [1.807, 2.05) is 32.7 Å². The van der Waals surface area contributed by atoms with E-state index in [1.165, 1.54) is 0 Å². The molecular formula is C15H28N2O3. The predicted octanol–water partition coefficient (Wildman–Crippen LogP) is 2.64. The van der Waals surface area contributed by atoms with Crippen LogP contribution in [0.4, 0.5) is 4.79 Å². The third-order valence-corrected chi connectivity index (χ3v) is 3.94. The second-order valence-electron chi connectivity index (χ2n) is 6.68. The number of rotatable bonds is 2. The molecule has 0 heterocycles. The summed E-state index contributed by atoms with van der Waals surface area (Å²) in [4.78, 5) is 26.9. The number of hydrogen-bond donors (Lipinski definition) is 0. The standard InChI is InChI=1S/C15H28N2O3/c1-11(18)16(5)12-7-9-13(10-8-12)17(6)14(19)20-15(2,3)4/h12-13H,7-10H2,1-6H3/t12-,13-. The van der Waals surface area contributed by atoms with Gasteiger partial charge in [0.15, 0.2) is 0 Å². The number of carbonyl (C=O) groups excluding carboxylic acids is 2. The van der Waals surface area contributed by atoms with Crippen molar-refractivity contribution in [2.75, 3.05) is 14.1 Å². The fourth-order valence-corrected chi connectivity index (χ4v) is 2.57. The van der Waals surface area contributed by atoms with Crippen LogP contribution in [0.3, 0.4) is 0 Å². The van der Waals surface area contributed by atoms with Crippen molar-refractivity contribution in [1.82, 2.24) is 9.80 Å². The SMILES string of the molecule is CC(=O)N(C)[C@H]1CC[C@H](N(C)C(=O)OC(C)(C)C)CC1. The van der Waals surface area contributed by atoms with Crippen molar-refractivity contribution in [3.8, 4) is 0 Å². The van der Waals surface area contributed by atoms with Crippen molar-refractivity contribution in [2.24, 2.45) is 0 Å². The zero-order valence-electron chi connectivity index (χ0n) is 13.6. The molecule has 5 heteroatoms. The second-order valence-corrected chi connectivity index (χ2v) is 6.68. The molecule has 1 fully saturated rings. The Bertz CT molecular complexity index is 355.